The zero-order valence-corrected chi connectivity index (χ0v) is 8.66. The minimum absolute atomic E-state index is 0.228. The van der Waals surface area contributed by atoms with Crippen LogP contribution in [0.4, 0.5) is 0 Å². The molecule has 72 valence electrons. The lowest BCUT2D eigenvalue weighted by Gasteiger charge is -2.15. The van der Waals surface area contributed by atoms with Crippen LogP contribution in [0.2, 0.25) is 0 Å². The fraction of sp³-hybridized carbons (Fsp3) is 0.600. The van der Waals surface area contributed by atoms with Crippen LogP contribution in [-0.2, 0) is 18.3 Å². The Morgan fingerprint density at radius 1 is 1.54 bits per heavy atom. The monoisotopic (exact) mass is 180 g/mol. The Hall–Kier alpha value is -1.12. The molecular formula is C10H16N2O. The summed E-state index contributed by atoms with van der Waals surface area (Å²) in [7, 11) is 1.85. The molecule has 0 N–H and O–H groups in total. The summed E-state index contributed by atoms with van der Waals surface area (Å²) >= 11 is 0. The van der Waals surface area contributed by atoms with Gasteiger partial charge in [-0.3, -0.25) is 9.48 Å². The summed E-state index contributed by atoms with van der Waals surface area (Å²) in [6.45, 7) is 5.79. The van der Waals surface area contributed by atoms with Crippen LogP contribution in [0.15, 0.2) is 12.3 Å². The summed E-state index contributed by atoms with van der Waals surface area (Å²) in [5, 5.41) is 4.16. The number of ketones is 1. The van der Waals surface area contributed by atoms with Crippen LogP contribution in [0.1, 0.15) is 26.5 Å². The van der Waals surface area contributed by atoms with Crippen molar-refractivity contribution >= 4 is 5.78 Å². The summed E-state index contributed by atoms with van der Waals surface area (Å²) in [5.74, 6) is 0.228. The van der Waals surface area contributed by atoms with Crippen molar-refractivity contribution in [1.82, 2.24) is 9.78 Å². The van der Waals surface area contributed by atoms with Crippen LogP contribution in [0.25, 0.3) is 0 Å². The highest BCUT2D eigenvalue weighted by molar-refractivity contribution is 5.85. The molecule has 0 fully saturated rings. The van der Waals surface area contributed by atoms with Gasteiger partial charge in [-0.2, -0.15) is 5.10 Å². The molecule has 1 heterocycles. The number of hydrogen-bond acceptors (Lipinski definition) is 2. The molecule has 0 spiro atoms. The highest BCUT2D eigenvalue weighted by Gasteiger charge is 2.21. The van der Waals surface area contributed by atoms with Gasteiger partial charge in [0.05, 0.1) is 12.1 Å². The first-order valence-electron chi connectivity index (χ1n) is 4.41. The molecule has 0 radical (unpaired) electrons. The molecule has 0 atom stereocenters. The highest BCUT2D eigenvalue weighted by atomic mass is 16.1. The third-order valence-corrected chi connectivity index (χ3v) is 1.95. The molecule has 1 rings (SSSR count). The van der Waals surface area contributed by atoms with E-state index < -0.39 is 0 Å². The maximum atomic E-state index is 11.6. The third kappa shape index (κ3) is 2.68. The Balaban J connectivity index is 2.65. The number of aryl methyl sites for hydroxylation is 1. The number of aromatic nitrogens is 2. The molecule has 3 nitrogen and oxygen atoms in total. The van der Waals surface area contributed by atoms with Crippen LogP contribution in [-0.4, -0.2) is 15.6 Å². The third-order valence-electron chi connectivity index (χ3n) is 1.95. The largest absolute Gasteiger partial charge is 0.299 e. The van der Waals surface area contributed by atoms with E-state index in [1.165, 1.54) is 0 Å². The second kappa shape index (κ2) is 3.32. The zero-order valence-electron chi connectivity index (χ0n) is 8.66. The van der Waals surface area contributed by atoms with Gasteiger partial charge in [0.1, 0.15) is 5.78 Å². The second-order valence-corrected chi connectivity index (χ2v) is 4.33. The fourth-order valence-electron chi connectivity index (χ4n) is 0.987. The summed E-state index contributed by atoms with van der Waals surface area (Å²) in [6, 6.07) is 1.88. The van der Waals surface area contributed by atoms with Crippen molar-refractivity contribution < 1.29 is 4.79 Å². The topological polar surface area (TPSA) is 34.9 Å². The van der Waals surface area contributed by atoms with Gasteiger partial charge in [0.2, 0.25) is 0 Å². The Morgan fingerprint density at radius 2 is 2.15 bits per heavy atom. The minimum atomic E-state index is -0.266. The predicted octanol–water partition coefficient (Wildman–Crippen LogP) is 1.58. The Morgan fingerprint density at radius 3 is 2.54 bits per heavy atom. The average molecular weight is 180 g/mol. The van der Waals surface area contributed by atoms with E-state index in [9.17, 15) is 4.79 Å². The van der Waals surface area contributed by atoms with E-state index in [0.29, 0.717) is 6.42 Å². The smallest absolute Gasteiger partial charge is 0.144 e. The molecule has 0 bridgehead atoms. The lowest BCUT2D eigenvalue weighted by Crippen LogP contribution is -2.22. The molecule has 0 aliphatic heterocycles. The van der Waals surface area contributed by atoms with Crippen molar-refractivity contribution in [2.75, 3.05) is 0 Å². The van der Waals surface area contributed by atoms with Crippen molar-refractivity contribution in [3.8, 4) is 0 Å². The van der Waals surface area contributed by atoms with Crippen LogP contribution in [0.3, 0.4) is 0 Å². The Bertz CT molecular complexity index is 307. The SMILES string of the molecule is Cn1ccc(CC(=O)C(C)(C)C)n1. The van der Waals surface area contributed by atoms with Gasteiger partial charge in [-0.15, -0.1) is 0 Å². The zero-order chi connectivity index (χ0) is 10.1. The molecular weight excluding hydrogens is 164 g/mol. The minimum Gasteiger partial charge on any atom is -0.299 e. The fourth-order valence-corrected chi connectivity index (χ4v) is 0.987. The molecule has 3 heteroatoms. The van der Waals surface area contributed by atoms with Crippen LogP contribution >= 0.6 is 0 Å². The normalized spacial score (nSPS) is 11.7. The molecule has 0 aliphatic rings. The lowest BCUT2D eigenvalue weighted by atomic mass is 9.88. The number of Topliss-reactive ketones (excluding diaryl/α,β-unsaturated/α-hetero) is 1. The lowest BCUT2D eigenvalue weighted by molar-refractivity contribution is -0.125. The van der Waals surface area contributed by atoms with Crippen molar-refractivity contribution in [2.45, 2.75) is 27.2 Å². The van der Waals surface area contributed by atoms with Gasteiger partial charge in [0, 0.05) is 18.7 Å². The molecule has 0 unspecified atom stereocenters. The van der Waals surface area contributed by atoms with Crippen molar-refractivity contribution in [3.05, 3.63) is 18.0 Å². The van der Waals surface area contributed by atoms with Gasteiger partial charge >= 0.3 is 0 Å². The molecule has 0 saturated carbocycles. The Kier molecular flexibility index (Phi) is 2.55. The van der Waals surface area contributed by atoms with E-state index in [2.05, 4.69) is 5.10 Å². The number of carbonyl (C=O) groups is 1. The predicted molar refractivity (Wildman–Crippen MR) is 51.4 cm³/mol. The first-order chi connectivity index (χ1) is 5.89. The molecule has 0 saturated heterocycles. The van der Waals surface area contributed by atoms with Gasteiger partial charge in [0.25, 0.3) is 0 Å². The van der Waals surface area contributed by atoms with E-state index >= 15 is 0 Å². The first-order valence-corrected chi connectivity index (χ1v) is 4.41. The van der Waals surface area contributed by atoms with Crippen molar-refractivity contribution in [2.24, 2.45) is 12.5 Å². The van der Waals surface area contributed by atoms with E-state index in [0.717, 1.165) is 5.69 Å². The van der Waals surface area contributed by atoms with Gasteiger partial charge in [-0.05, 0) is 6.07 Å². The number of nitrogens with zero attached hydrogens (tertiary/aromatic N) is 2. The van der Waals surface area contributed by atoms with Gasteiger partial charge in [0.15, 0.2) is 0 Å². The maximum Gasteiger partial charge on any atom is 0.144 e. The van der Waals surface area contributed by atoms with Gasteiger partial charge in [-0.25, -0.2) is 0 Å². The van der Waals surface area contributed by atoms with E-state index in [4.69, 9.17) is 0 Å². The molecule has 0 aliphatic carbocycles. The molecule has 1 aromatic heterocycles. The number of carbonyl (C=O) groups excluding carboxylic acids is 1. The molecule has 13 heavy (non-hydrogen) atoms. The summed E-state index contributed by atoms with van der Waals surface area (Å²) in [4.78, 5) is 11.6. The van der Waals surface area contributed by atoms with E-state index in [-0.39, 0.29) is 11.2 Å². The Labute approximate surface area is 78.8 Å². The van der Waals surface area contributed by atoms with Crippen molar-refractivity contribution in [3.63, 3.8) is 0 Å². The molecule has 0 aromatic carbocycles. The van der Waals surface area contributed by atoms with Crippen molar-refractivity contribution in [1.29, 1.82) is 0 Å². The standard InChI is InChI=1S/C10H16N2O/c1-10(2,3)9(13)7-8-5-6-12(4)11-8/h5-6H,7H2,1-4H3. The van der Waals surface area contributed by atoms with Crippen LogP contribution in [0, 0.1) is 5.41 Å². The van der Waals surface area contributed by atoms with Crippen LogP contribution < -0.4 is 0 Å². The highest BCUT2D eigenvalue weighted by Crippen LogP contribution is 2.16. The van der Waals surface area contributed by atoms with Gasteiger partial charge in [-0.1, -0.05) is 20.8 Å². The maximum absolute atomic E-state index is 11.6. The summed E-state index contributed by atoms with van der Waals surface area (Å²) in [6.07, 6.45) is 2.29. The quantitative estimate of drug-likeness (QED) is 0.692. The van der Waals surface area contributed by atoms with Crippen LogP contribution in [0.5, 0.6) is 0 Å². The van der Waals surface area contributed by atoms with Gasteiger partial charge < -0.3 is 0 Å². The first kappa shape index (κ1) is 9.96. The summed E-state index contributed by atoms with van der Waals surface area (Å²) in [5.41, 5.74) is 0.583. The molecule has 0 amide bonds. The van der Waals surface area contributed by atoms with E-state index in [1.54, 1.807) is 4.68 Å². The number of rotatable bonds is 2. The summed E-state index contributed by atoms with van der Waals surface area (Å²) < 4.78 is 1.71. The average Bonchev–Trinajstić information content (AvgIpc) is 2.33. The second-order valence-electron chi connectivity index (χ2n) is 4.33. The van der Waals surface area contributed by atoms with E-state index in [1.807, 2.05) is 40.1 Å². The molecule has 1 aromatic rings. The number of hydrogen-bond donors (Lipinski definition) is 0.